The molecule has 0 aliphatic carbocycles. The Morgan fingerprint density at radius 1 is 1.58 bits per heavy atom. The van der Waals surface area contributed by atoms with E-state index in [4.69, 9.17) is 4.74 Å². The molecule has 1 heterocycles. The summed E-state index contributed by atoms with van der Waals surface area (Å²) in [4.78, 5) is 13.7. The predicted molar refractivity (Wildman–Crippen MR) is 75.4 cm³/mol. The van der Waals surface area contributed by atoms with Gasteiger partial charge in [-0.05, 0) is 46.6 Å². The molecule has 2 N–H and O–H groups in total. The second-order valence-corrected chi connectivity index (χ2v) is 5.99. The van der Waals surface area contributed by atoms with Crippen LogP contribution in [0.4, 0.5) is 0 Å². The van der Waals surface area contributed by atoms with Crippen LogP contribution in [0.2, 0.25) is 0 Å². The number of ether oxygens (including phenoxy) is 1. The fourth-order valence-electron chi connectivity index (χ4n) is 2.73. The maximum absolute atomic E-state index is 11.4. The van der Waals surface area contributed by atoms with Gasteiger partial charge in [-0.3, -0.25) is 10.1 Å². The van der Waals surface area contributed by atoms with Crippen molar-refractivity contribution in [1.29, 1.82) is 0 Å². The normalized spacial score (nSPS) is 23.7. The van der Waals surface area contributed by atoms with Crippen LogP contribution in [0.1, 0.15) is 40.0 Å². The van der Waals surface area contributed by atoms with Crippen LogP contribution in [0.5, 0.6) is 0 Å². The summed E-state index contributed by atoms with van der Waals surface area (Å²) in [6.07, 6.45) is 2.96. The number of carboxylic acids is 1. The first-order chi connectivity index (χ1) is 8.87. The number of rotatable bonds is 8. The van der Waals surface area contributed by atoms with Crippen molar-refractivity contribution in [1.82, 2.24) is 10.2 Å². The van der Waals surface area contributed by atoms with Crippen molar-refractivity contribution in [3.05, 3.63) is 0 Å². The van der Waals surface area contributed by atoms with Gasteiger partial charge in [0.05, 0.1) is 6.10 Å². The predicted octanol–water partition coefficient (Wildman–Crippen LogP) is 1.33. The Balaban J connectivity index is 2.35. The van der Waals surface area contributed by atoms with E-state index in [-0.39, 0.29) is 6.04 Å². The number of nitrogens with zero attached hydrogens (tertiary/aromatic N) is 1. The van der Waals surface area contributed by atoms with Gasteiger partial charge in [0.25, 0.3) is 0 Å². The third-order valence-corrected chi connectivity index (χ3v) is 3.79. The average molecular weight is 272 g/mol. The van der Waals surface area contributed by atoms with E-state index in [0.29, 0.717) is 12.5 Å². The van der Waals surface area contributed by atoms with Crippen LogP contribution in [-0.2, 0) is 9.53 Å². The minimum atomic E-state index is -0.825. The Hall–Kier alpha value is -0.650. The molecule has 1 saturated heterocycles. The van der Waals surface area contributed by atoms with Gasteiger partial charge in [-0.1, -0.05) is 0 Å². The van der Waals surface area contributed by atoms with E-state index in [1.807, 2.05) is 13.8 Å². The van der Waals surface area contributed by atoms with Crippen LogP contribution in [0.25, 0.3) is 0 Å². The molecule has 2 unspecified atom stereocenters. The first kappa shape index (κ1) is 16.4. The topological polar surface area (TPSA) is 61.8 Å². The summed E-state index contributed by atoms with van der Waals surface area (Å²) in [6, 6.07) is 0.172. The van der Waals surface area contributed by atoms with Gasteiger partial charge in [-0.2, -0.15) is 0 Å². The summed E-state index contributed by atoms with van der Waals surface area (Å²) in [5.74, 6) is -0.766. The first-order valence-corrected chi connectivity index (χ1v) is 7.13. The van der Waals surface area contributed by atoms with Crippen LogP contribution < -0.4 is 5.32 Å². The van der Waals surface area contributed by atoms with Crippen LogP contribution in [-0.4, -0.2) is 60.4 Å². The molecule has 1 fully saturated rings. The Labute approximate surface area is 116 Å². The molecule has 0 radical (unpaired) electrons. The number of hydrogen-bond donors (Lipinski definition) is 2. The monoisotopic (exact) mass is 272 g/mol. The average Bonchev–Trinajstić information content (AvgIpc) is 2.75. The zero-order valence-corrected chi connectivity index (χ0v) is 12.6. The summed E-state index contributed by atoms with van der Waals surface area (Å²) in [5.41, 5.74) is -0.825. The van der Waals surface area contributed by atoms with Crippen molar-refractivity contribution in [3.63, 3.8) is 0 Å². The molecule has 0 saturated carbocycles. The van der Waals surface area contributed by atoms with E-state index < -0.39 is 11.5 Å². The van der Waals surface area contributed by atoms with Gasteiger partial charge in [-0.15, -0.1) is 0 Å². The summed E-state index contributed by atoms with van der Waals surface area (Å²) in [5, 5.41) is 12.5. The highest BCUT2D eigenvalue weighted by molar-refractivity contribution is 5.78. The summed E-state index contributed by atoms with van der Waals surface area (Å²) in [7, 11) is 1.75. The number of methoxy groups -OCH3 is 1. The third-order valence-electron chi connectivity index (χ3n) is 3.79. The van der Waals surface area contributed by atoms with Gasteiger partial charge in [0.15, 0.2) is 0 Å². The molecule has 0 aromatic heterocycles. The largest absolute Gasteiger partial charge is 0.480 e. The Bertz CT molecular complexity index is 296. The lowest BCUT2D eigenvalue weighted by Gasteiger charge is -2.29. The molecule has 0 aromatic carbocycles. The number of hydrogen-bond acceptors (Lipinski definition) is 4. The maximum Gasteiger partial charge on any atom is 0.323 e. The van der Waals surface area contributed by atoms with Gasteiger partial charge in [0.2, 0.25) is 0 Å². The second-order valence-electron chi connectivity index (χ2n) is 5.99. The van der Waals surface area contributed by atoms with E-state index in [0.717, 1.165) is 32.5 Å². The smallest absolute Gasteiger partial charge is 0.323 e. The van der Waals surface area contributed by atoms with Crippen molar-refractivity contribution >= 4 is 5.97 Å². The van der Waals surface area contributed by atoms with Crippen LogP contribution in [0, 0.1) is 0 Å². The van der Waals surface area contributed by atoms with E-state index in [1.165, 1.54) is 0 Å². The van der Waals surface area contributed by atoms with Crippen molar-refractivity contribution in [2.24, 2.45) is 0 Å². The molecule has 5 nitrogen and oxygen atoms in total. The molecule has 1 rings (SSSR count). The SMILES string of the molecule is COC1CCN(CCCC(C)(NC(C)C)C(=O)O)C1. The van der Waals surface area contributed by atoms with Gasteiger partial charge in [0.1, 0.15) is 5.54 Å². The van der Waals surface area contributed by atoms with Gasteiger partial charge < -0.3 is 14.7 Å². The van der Waals surface area contributed by atoms with Gasteiger partial charge in [0, 0.05) is 26.2 Å². The van der Waals surface area contributed by atoms with Crippen LogP contribution >= 0.6 is 0 Å². The van der Waals surface area contributed by atoms with Crippen LogP contribution in [0.15, 0.2) is 0 Å². The Kier molecular flexibility index (Phi) is 6.23. The van der Waals surface area contributed by atoms with Crippen molar-refractivity contribution in [2.75, 3.05) is 26.7 Å². The minimum Gasteiger partial charge on any atom is -0.480 e. The second kappa shape index (κ2) is 7.22. The zero-order chi connectivity index (χ0) is 14.5. The zero-order valence-electron chi connectivity index (χ0n) is 12.6. The van der Waals surface area contributed by atoms with Crippen molar-refractivity contribution in [3.8, 4) is 0 Å². The lowest BCUT2D eigenvalue weighted by Crippen LogP contribution is -2.52. The molecule has 112 valence electrons. The molecular weight excluding hydrogens is 244 g/mol. The van der Waals surface area contributed by atoms with E-state index in [2.05, 4.69) is 10.2 Å². The molecule has 0 bridgehead atoms. The lowest BCUT2D eigenvalue weighted by molar-refractivity contribution is -0.144. The molecule has 1 aliphatic rings. The lowest BCUT2D eigenvalue weighted by atomic mass is 9.95. The minimum absolute atomic E-state index is 0.172. The van der Waals surface area contributed by atoms with E-state index in [9.17, 15) is 9.90 Å². The maximum atomic E-state index is 11.4. The van der Waals surface area contributed by atoms with Crippen molar-refractivity contribution < 1.29 is 14.6 Å². The molecule has 0 spiro atoms. The Morgan fingerprint density at radius 3 is 2.74 bits per heavy atom. The quantitative estimate of drug-likeness (QED) is 0.698. The molecule has 0 aromatic rings. The van der Waals surface area contributed by atoms with Gasteiger partial charge in [-0.25, -0.2) is 0 Å². The fourth-order valence-corrected chi connectivity index (χ4v) is 2.73. The highest BCUT2D eigenvalue weighted by atomic mass is 16.5. The molecule has 19 heavy (non-hydrogen) atoms. The molecular formula is C14H28N2O3. The number of carbonyl (C=O) groups is 1. The number of likely N-dealkylation sites (tertiary alicyclic amines) is 1. The highest BCUT2D eigenvalue weighted by Crippen LogP contribution is 2.17. The van der Waals surface area contributed by atoms with Crippen molar-refractivity contribution in [2.45, 2.75) is 57.7 Å². The summed E-state index contributed by atoms with van der Waals surface area (Å²) < 4.78 is 5.33. The van der Waals surface area contributed by atoms with Gasteiger partial charge >= 0.3 is 5.97 Å². The van der Waals surface area contributed by atoms with Crippen LogP contribution in [0.3, 0.4) is 0 Å². The molecule has 1 aliphatic heterocycles. The summed E-state index contributed by atoms with van der Waals surface area (Å²) >= 11 is 0. The third kappa shape index (κ3) is 5.09. The first-order valence-electron chi connectivity index (χ1n) is 7.13. The number of carboxylic acid groups (broad SMARTS) is 1. The van der Waals surface area contributed by atoms with E-state index >= 15 is 0 Å². The summed E-state index contributed by atoms with van der Waals surface area (Å²) in [6.45, 7) is 8.70. The van der Waals surface area contributed by atoms with E-state index in [1.54, 1.807) is 14.0 Å². The molecule has 0 amide bonds. The fraction of sp³-hybridized carbons (Fsp3) is 0.929. The highest BCUT2D eigenvalue weighted by Gasteiger charge is 2.33. The number of aliphatic carboxylic acids is 1. The number of nitrogens with one attached hydrogen (secondary N) is 1. The standard InChI is InChI=1S/C14H28N2O3/c1-11(2)15-14(3,13(17)18)7-5-8-16-9-6-12(10-16)19-4/h11-12,15H,5-10H2,1-4H3,(H,17,18). The Morgan fingerprint density at radius 2 is 2.26 bits per heavy atom. The molecule has 5 heteroatoms. The molecule has 2 atom stereocenters.